The van der Waals surface area contributed by atoms with E-state index in [9.17, 15) is 4.79 Å². The van der Waals surface area contributed by atoms with E-state index in [0.717, 1.165) is 24.2 Å². The summed E-state index contributed by atoms with van der Waals surface area (Å²) in [6, 6.07) is 5.40. The summed E-state index contributed by atoms with van der Waals surface area (Å²) in [4.78, 5) is 11.4. The molecule has 0 amide bonds. The van der Waals surface area contributed by atoms with Crippen LogP contribution < -0.4 is 4.74 Å². The van der Waals surface area contributed by atoms with Gasteiger partial charge >= 0.3 is 5.97 Å². The van der Waals surface area contributed by atoms with E-state index < -0.39 is 0 Å². The molecule has 0 saturated carbocycles. The van der Waals surface area contributed by atoms with Crippen LogP contribution in [-0.2, 0) is 11.2 Å². The normalized spacial score (nSPS) is 9.80. The number of hydrogen-bond acceptors (Lipinski definition) is 3. The predicted molar refractivity (Wildman–Crippen MR) is 58.3 cm³/mol. The lowest BCUT2D eigenvalue weighted by Gasteiger charge is -2.08. The molecule has 3 nitrogen and oxygen atoms in total. The van der Waals surface area contributed by atoms with Gasteiger partial charge in [-0.05, 0) is 30.2 Å². The lowest BCUT2D eigenvalue weighted by molar-refractivity contribution is 0.0599. The molecule has 0 unspecified atom stereocenters. The van der Waals surface area contributed by atoms with Crippen molar-refractivity contribution in [2.75, 3.05) is 14.2 Å². The Balaban J connectivity index is 3.08. The van der Waals surface area contributed by atoms with E-state index in [2.05, 4.69) is 6.92 Å². The third kappa shape index (κ3) is 2.72. The summed E-state index contributed by atoms with van der Waals surface area (Å²) in [5.41, 5.74) is 1.60. The smallest absolute Gasteiger partial charge is 0.338 e. The molecule has 0 heterocycles. The third-order valence-electron chi connectivity index (χ3n) is 2.24. The summed E-state index contributed by atoms with van der Waals surface area (Å²) in [5.74, 6) is 0.479. The Hall–Kier alpha value is -1.51. The number of rotatable bonds is 4. The van der Waals surface area contributed by atoms with Crippen LogP contribution in [0.15, 0.2) is 18.2 Å². The SMILES string of the molecule is CCCc1cc(OC)ccc1C(=O)OC. The number of methoxy groups -OCH3 is 2. The van der Waals surface area contributed by atoms with Gasteiger partial charge in [-0.25, -0.2) is 4.79 Å². The molecule has 0 fully saturated rings. The van der Waals surface area contributed by atoms with Crippen LogP contribution in [0.4, 0.5) is 0 Å². The average Bonchev–Trinajstić information content (AvgIpc) is 2.28. The molecular formula is C12H16O3. The van der Waals surface area contributed by atoms with Gasteiger partial charge in [0.05, 0.1) is 19.8 Å². The quantitative estimate of drug-likeness (QED) is 0.713. The summed E-state index contributed by atoms with van der Waals surface area (Å²) < 4.78 is 9.83. The zero-order valence-corrected chi connectivity index (χ0v) is 9.37. The fraction of sp³-hybridized carbons (Fsp3) is 0.417. The van der Waals surface area contributed by atoms with Gasteiger partial charge in [0.15, 0.2) is 0 Å². The molecule has 0 saturated heterocycles. The minimum atomic E-state index is -0.291. The van der Waals surface area contributed by atoms with Crippen molar-refractivity contribution in [3.05, 3.63) is 29.3 Å². The van der Waals surface area contributed by atoms with Gasteiger partial charge in [-0.1, -0.05) is 13.3 Å². The van der Waals surface area contributed by atoms with Crippen LogP contribution in [0.3, 0.4) is 0 Å². The van der Waals surface area contributed by atoms with Crippen molar-refractivity contribution in [2.24, 2.45) is 0 Å². The number of esters is 1. The van der Waals surface area contributed by atoms with Crippen molar-refractivity contribution < 1.29 is 14.3 Å². The Morgan fingerprint density at radius 3 is 2.60 bits per heavy atom. The summed E-state index contributed by atoms with van der Waals surface area (Å²) >= 11 is 0. The van der Waals surface area contributed by atoms with E-state index in [-0.39, 0.29) is 5.97 Å². The fourth-order valence-electron chi connectivity index (χ4n) is 1.48. The van der Waals surface area contributed by atoms with Crippen molar-refractivity contribution >= 4 is 5.97 Å². The zero-order chi connectivity index (χ0) is 11.3. The average molecular weight is 208 g/mol. The van der Waals surface area contributed by atoms with E-state index in [1.807, 2.05) is 6.07 Å². The lowest BCUT2D eigenvalue weighted by atomic mass is 10.0. The molecule has 1 aromatic carbocycles. The van der Waals surface area contributed by atoms with Crippen LogP contribution in [0.5, 0.6) is 5.75 Å². The van der Waals surface area contributed by atoms with E-state index in [0.29, 0.717) is 5.56 Å². The van der Waals surface area contributed by atoms with E-state index in [4.69, 9.17) is 9.47 Å². The second-order valence-electron chi connectivity index (χ2n) is 3.26. The molecule has 0 aliphatic rings. The molecule has 1 aromatic rings. The highest BCUT2D eigenvalue weighted by Gasteiger charge is 2.11. The monoisotopic (exact) mass is 208 g/mol. The molecule has 82 valence electrons. The topological polar surface area (TPSA) is 35.5 Å². The van der Waals surface area contributed by atoms with Crippen molar-refractivity contribution in [3.63, 3.8) is 0 Å². The molecule has 0 atom stereocenters. The van der Waals surface area contributed by atoms with Gasteiger partial charge in [-0.3, -0.25) is 0 Å². The maximum Gasteiger partial charge on any atom is 0.338 e. The number of ether oxygens (including phenoxy) is 2. The molecule has 15 heavy (non-hydrogen) atoms. The highest BCUT2D eigenvalue weighted by atomic mass is 16.5. The van der Waals surface area contributed by atoms with Crippen LogP contribution in [-0.4, -0.2) is 20.2 Å². The standard InChI is InChI=1S/C12H16O3/c1-4-5-9-8-10(14-2)6-7-11(9)12(13)15-3/h6-8H,4-5H2,1-3H3. The molecule has 0 spiro atoms. The lowest BCUT2D eigenvalue weighted by Crippen LogP contribution is -2.05. The molecule has 0 aliphatic carbocycles. The van der Waals surface area contributed by atoms with Gasteiger partial charge in [-0.15, -0.1) is 0 Å². The van der Waals surface area contributed by atoms with Crippen LogP contribution >= 0.6 is 0 Å². The highest BCUT2D eigenvalue weighted by molar-refractivity contribution is 5.91. The van der Waals surface area contributed by atoms with Crippen molar-refractivity contribution in [1.29, 1.82) is 0 Å². The van der Waals surface area contributed by atoms with Crippen molar-refractivity contribution in [2.45, 2.75) is 19.8 Å². The first-order chi connectivity index (χ1) is 7.22. The van der Waals surface area contributed by atoms with Gasteiger partial charge in [-0.2, -0.15) is 0 Å². The highest BCUT2D eigenvalue weighted by Crippen LogP contribution is 2.19. The number of aryl methyl sites for hydroxylation is 1. The van der Waals surface area contributed by atoms with Crippen LogP contribution in [0, 0.1) is 0 Å². The van der Waals surface area contributed by atoms with Gasteiger partial charge in [0, 0.05) is 0 Å². The van der Waals surface area contributed by atoms with Crippen LogP contribution in [0.2, 0.25) is 0 Å². The van der Waals surface area contributed by atoms with Crippen molar-refractivity contribution in [3.8, 4) is 5.75 Å². The zero-order valence-electron chi connectivity index (χ0n) is 9.37. The Kier molecular flexibility index (Phi) is 4.16. The predicted octanol–water partition coefficient (Wildman–Crippen LogP) is 2.43. The molecule has 0 aliphatic heterocycles. The first-order valence-corrected chi connectivity index (χ1v) is 4.98. The number of hydrogen-bond donors (Lipinski definition) is 0. The van der Waals surface area contributed by atoms with E-state index in [1.54, 1.807) is 19.2 Å². The maximum absolute atomic E-state index is 11.4. The minimum Gasteiger partial charge on any atom is -0.497 e. The Bertz CT molecular complexity index is 345. The molecule has 3 heteroatoms. The van der Waals surface area contributed by atoms with E-state index >= 15 is 0 Å². The first-order valence-electron chi connectivity index (χ1n) is 4.98. The van der Waals surface area contributed by atoms with E-state index in [1.165, 1.54) is 7.11 Å². The van der Waals surface area contributed by atoms with Crippen LogP contribution in [0.1, 0.15) is 29.3 Å². The molecule has 1 rings (SSSR count). The summed E-state index contributed by atoms with van der Waals surface area (Å²) in [6.07, 6.45) is 1.83. The van der Waals surface area contributed by atoms with Gasteiger partial charge < -0.3 is 9.47 Å². The third-order valence-corrected chi connectivity index (χ3v) is 2.24. The number of benzene rings is 1. The Labute approximate surface area is 90.0 Å². The fourth-order valence-corrected chi connectivity index (χ4v) is 1.48. The summed E-state index contributed by atoms with van der Waals surface area (Å²) in [6.45, 7) is 2.07. The first kappa shape index (κ1) is 11.6. The van der Waals surface area contributed by atoms with Gasteiger partial charge in [0.25, 0.3) is 0 Å². The summed E-state index contributed by atoms with van der Waals surface area (Å²) in [7, 11) is 3.01. The maximum atomic E-state index is 11.4. The van der Waals surface area contributed by atoms with Gasteiger partial charge in [0.1, 0.15) is 5.75 Å². The molecule has 0 N–H and O–H groups in total. The second kappa shape index (κ2) is 5.39. The molecule has 0 aromatic heterocycles. The number of carbonyl (C=O) groups is 1. The molecular weight excluding hydrogens is 192 g/mol. The Morgan fingerprint density at radius 2 is 2.07 bits per heavy atom. The Morgan fingerprint density at radius 1 is 1.33 bits per heavy atom. The summed E-state index contributed by atoms with van der Waals surface area (Å²) in [5, 5.41) is 0. The van der Waals surface area contributed by atoms with Crippen LogP contribution in [0.25, 0.3) is 0 Å². The molecule has 0 radical (unpaired) electrons. The largest absolute Gasteiger partial charge is 0.497 e. The molecule has 0 bridgehead atoms. The number of carbonyl (C=O) groups excluding carboxylic acids is 1. The second-order valence-corrected chi connectivity index (χ2v) is 3.26. The minimum absolute atomic E-state index is 0.291. The van der Waals surface area contributed by atoms with Crippen molar-refractivity contribution in [1.82, 2.24) is 0 Å². The van der Waals surface area contributed by atoms with Gasteiger partial charge in [0.2, 0.25) is 0 Å².